The molecule has 4 heteroatoms. The second kappa shape index (κ2) is 5.59. The van der Waals surface area contributed by atoms with Gasteiger partial charge in [0.1, 0.15) is 0 Å². The van der Waals surface area contributed by atoms with Crippen LogP contribution in [0.1, 0.15) is 20.8 Å². The molecule has 0 heterocycles. The van der Waals surface area contributed by atoms with Gasteiger partial charge in [-0.2, -0.15) is 0 Å². The third kappa shape index (κ3) is 4.52. The van der Waals surface area contributed by atoms with Crippen LogP contribution in [0.3, 0.4) is 0 Å². The number of carbonyl (C=O) groups is 1. The Labute approximate surface area is 79.5 Å². The molecule has 0 aliphatic rings. The average Bonchev–Trinajstić information content (AvgIpc) is 2.02. The van der Waals surface area contributed by atoms with E-state index in [1.807, 2.05) is 21.0 Å². The molecule has 0 fully saturated rings. The summed E-state index contributed by atoms with van der Waals surface area (Å²) in [5, 5.41) is 1.78. The first-order valence-corrected chi connectivity index (χ1v) is 4.27. The summed E-state index contributed by atoms with van der Waals surface area (Å²) in [5.74, 6) is -0.269. The number of ether oxygens (including phenoxy) is 1. The Hall–Kier alpha value is -1.03. The molecule has 0 radical (unpaired) electrons. The Kier molecular flexibility index (Phi) is 5.14. The summed E-state index contributed by atoms with van der Waals surface area (Å²) < 4.78 is 4.85. The van der Waals surface area contributed by atoms with E-state index in [1.54, 1.807) is 18.9 Å². The molecular weight excluding hydrogens is 168 g/mol. The lowest BCUT2D eigenvalue weighted by Crippen LogP contribution is -2.30. The Bertz CT molecular complexity index is 210. The average molecular weight is 186 g/mol. The van der Waals surface area contributed by atoms with E-state index < -0.39 is 0 Å². The molecular formula is C9H18N2O2. The molecule has 0 rings (SSSR count). The van der Waals surface area contributed by atoms with Gasteiger partial charge < -0.3 is 10.2 Å². The molecule has 0 aromatic rings. The van der Waals surface area contributed by atoms with Crippen LogP contribution in [0, 0.1) is 0 Å². The topological polar surface area (TPSA) is 41.6 Å². The Morgan fingerprint density at radius 2 is 1.92 bits per heavy atom. The zero-order valence-electron chi connectivity index (χ0n) is 8.97. The Morgan fingerprint density at radius 3 is 2.31 bits per heavy atom. The van der Waals surface area contributed by atoms with Gasteiger partial charge in [-0.3, -0.25) is 0 Å². The number of esters is 1. The molecule has 0 aliphatic heterocycles. The van der Waals surface area contributed by atoms with Gasteiger partial charge in [-0.25, -0.2) is 9.80 Å². The smallest absolute Gasteiger partial charge is 0.335 e. The number of rotatable bonds is 4. The van der Waals surface area contributed by atoms with Gasteiger partial charge in [0.2, 0.25) is 0 Å². The summed E-state index contributed by atoms with van der Waals surface area (Å²) in [7, 11) is 3.73. The highest BCUT2D eigenvalue weighted by Crippen LogP contribution is 2.02. The quantitative estimate of drug-likeness (QED) is 0.402. The maximum absolute atomic E-state index is 11.2. The molecule has 76 valence electrons. The molecule has 0 saturated carbocycles. The van der Waals surface area contributed by atoms with Crippen LogP contribution >= 0.6 is 0 Å². The van der Waals surface area contributed by atoms with Crippen molar-refractivity contribution < 1.29 is 9.53 Å². The van der Waals surface area contributed by atoms with E-state index >= 15 is 0 Å². The molecule has 4 nitrogen and oxygen atoms in total. The molecule has 0 saturated heterocycles. The normalized spacial score (nSPS) is 12.5. The van der Waals surface area contributed by atoms with E-state index in [2.05, 4.69) is 5.43 Å². The van der Waals surface area contributed by atoms with Crippen LogP contribution in [0.2, 0.25) is 0 Å². The molecule has 0 aromatic heterocycles. The summed E-state index contributed by atoms with van der Waals surface area (Å²) in [6.07, 6.45) is 0. The number of hydrazine groups is 1. The van der Waals surface area contributed by atoms with Crippen LogP contribution in [-0.2, 0) is 9.53 Å². The zero-order chi connectivity index (χ0) is 10.4. The lowest BCUT2D eigenvalue weighted by molar-refractivity contribution is -0.138. The second-order valence-electron chi connectivity index (χ2n) is 2.98. The fourth-order valence-electron chi connectivity index (χ4n) is 0.812. The summed E-state index contributed by atoms with van der Waals surface area (Å²) in [5.41, 5.74) is 4.41. The van der Waals surface area contributed by atoms with Crippen molar-refractivity contribution in [2.75, 3.05) is 20.7 Å². The largest absolute Gasteiger partial charge is 0.463 e. The van der Waals surface area contributed by atoms with Crippen molar-refractivity contribution in [2.45, 2.75) is 20.8 Å². The fourth-order valence-corrected chi connectivity index (χ4v) is 0.812. The molecule has 0 bridgehead atoms. The zero-order valence-corrected chi connectivity index (χ0v) is 8.97. The van der Waals surface area contributed by atoms with Gasteiger partial charge in [0.15, 0.2) is 0 Å². The minimum atomic E-state index is -0.269. The number of allylic oxidation sites excluding steroid dienone is 1. The molecule has 0 unspecified atom stereocenters. The summed E-state index contributed by atoms with van der Waals surface area (Å²) in [6.45, 7) is 5.78. The van der Waals surface area contributed by atoms with Crippen LogP contribution in [-0.4, -0.2) is 31.7 Å². The van der Waals surface area contributed by atoms with Crippen LogP contribution < -0.4 is 5.43 Å². The number of hydrogen-bond donors (Lipinski definition) is 1. The minimum absolute atomic E-state index is 0.269. The fraction of sp³-hybridized carbons (Fsp3) is 0.667. The highest BCUT2D eigenvalue weighted by molar-refractivity contribution is 5.88. The lowest BCUT2D eigenvalue weighted by atomic mass is 10.2. The lowest BCUT2D eigenvalue weighted by Gasteiger charge is -2.15. The number of carbonyl (C=O) groups excluding carboxylic acids is 1. The molecule has 0 atom stereocenters. The highest BCUT2D eigenvalue weighted by atomic mass is 16.5. The van der Waals surface area contributed by atoms with Crippen molar-refractivity contribution in [1.82, 2.24) is 10.4 Å². The first-order chi connectivity index (χ1) is 5.99. The van der Waals surface area contributed by atoms with Crippen LogP contribution in [0.4, 0.5) is 0 Å². The van der Waals surface area contributed by atoms with Crippen molar-refractivity contribution in [3.8, 4) is 0 Å². The van der Waals surface area contributed by atoms with E-state index in [0.717, 1.165) is 5.70 Å². The molecule has 0 amide bonds. The first kappa shape index (κ1) is 12.0. The monoisotopic (exact) mass is 186 g/mol. The molecule has 0 spiro atoms. The van der Waals surface area contributed by atoms with E-state index in [0.29, 0.717) is 12.2 Å². The third-order valence-corrected chi connectivity index (χ3v) is 1.54. The highest BCUT2D eigenvalue weighted by Gasteiger charge is 2.08. The first-order valence-electron chi connectivity index (χ1n) is 4.27. The van der Waals surface area contributed by atoms with Crippen LogP contribution in [0.15, 0.2) is 11.3 Å². The van der Waals surface area contributed by atoms with Crippen molar-refractivity contribution in [2.24, 2.45) is 0 Å². The van der Waals surface area contributed by atoms with Crippen molar-refractivity contribution in [3.05, 3.63) is 11.3 Å². The van der Waals surface area contributed by atoms with E-state index in [1.165, 1.54) is 0 Å². The van der Waals surface area contributed by atoms with E-state index in [9.17, 15) is 4.79 Å². The molecule has 0 aliphatic carbocycles. The standard InChI is InChI=1S/C9H18N2O2/c1-6-13-9(12)7(2)8(3)10-11(4)5/h10H,6H2,1-5H3/b8-7+. The summed E-state index contributed by atoms with van der Waals surface area (Å²) >= 11 is 0. The Balaban J connectivity index is 4.33. The summed E-state index contributed by atoms with van der Waals surface area (Å²) in [6, 6.07) is 0. The SMILES string of the molecule is CCOC(=O)/C(C)=C(\C)NN(C)C. The van der Waals surface area contributed by atoms with Crippen LogP contribution in [0.25, 0.3) is 0 Å². The van der Waals surface area contributed by atoms with Gasteiger partial charge in [0.25, 0.3) is 0 Å². The van der Waals surface area contributed by atoms with E-state index in [-0.39, 0.29) is 5.97 Å². The molecule has 0 aromatic carbocycles. The maximum Gasteiger partial charge on any atom is 0.335 e. The number of nitrogens with zero attached hydrogens (tertiary/aromatic N) is 1. The van der Waals surface area contributed by atoms with Gasteiger partial charge in [-0.15, -0.1) is 0 Å². The van der Waals surface area contributed by atoms with Crippen molar-refractivity contribution in [3.63, 3.8) is 0 Å². The van der Waals surface area contributed by atoms with Gasteiger partial charge in [-0.1, -0.05) is 0 Å². The minimum Gasteiger partial charge on any atom is -0.463 e. The van der Waals surface area contributed by atoms with Crippen molar-refractivity contribution in [1.29, 1.82) is 0 Å². The predicted octanol–water partition coefficient (Wildman–Crippen LogP) is 0.910. The number of hydrogen-bond acceptors (Lipinski definition) is 4. The second-order valence-corrected chi connectivity index (χ2v) is 2.98. The third-order valence-electron chi connectivity index (χ3n) is 1.54. The molecule has 1 N–H and O–H groups in total. The van der Waals surface area contributed by atoms with Gasteiger partial charge in [-0.05, 0) is 20.8 Å². The predicted molar refractivity (Wildman–Crippen MR) is 51.8 cm³/mol. The van der Waals surface area contributed by atoms with Gasteiger partial charge >= 0.3 is 5.97 Å². The van der Waals surface area contributed by atoms with E-state index in [4.69, 9.17) is 4.74 Å². The molecule has 13 heavy (non-hydrogen) atoms. The van der Waals surface area contributed by atoms with Crippen molar-refractivity contribution >= 4 is 5.97 Å². The number of nitrogens with one attached hydrogen (secondary N) is 1. The van der Waals surface area contributed by atoms with Gasteiger partial charge in [0.05, 0.1) is 12.2 Å². The summed E-state index contributed by atoms with van der Waals surface area (Å²) in [4.78, 5) is 11.2. The van der Waals surface area contributed by atoms with Gasteiger partial charge in [0, 0.05) is 19.8 Å². The Morgan fingerprint density at radius 1 is 1.38 bits per heavy atom. The maximum atomic E-state index is 11.2. The van der Waals surface area contributed by atoms with Crippen LogP contribution in [0.5, 0.6) is 0 Å².